The van der Waals surface area contributed by atoms with Crippen LogP contribution in [0.1, 0.15) is 17.5 Å². The van der Waals surface area contributed by atoms with Gasteiger partial charge in [-0.25, -0.2) is 0 Å². The van der Waals surface area contributed by atoms with Crippen molar-refractivity contribution < 1.29 is 9.15 Å². The molecule has 0 spiro atoms. The third-order valence-electron chi connectivity index (χ3n) is 4.82. The number of morpholine rings is 1. The first-order valence-electron chi connectivity index (χ1n) is 9.45. The van der Waals surface area contributed by atoms with Crippen molar-refractivity contribution in [3.63, 3.8) is 0 Å². The average Bonchev–Trinajstić information content (AvgIpc) is 3.21. The van der Waals surface area contributed by atoms with Crippen molar-refractivity contribution in [1.82, 2.24) is 20.4 Å². The van der Waals surface area contributed by atoms with Crippen LogP contribution in [0.5, 0.6) is 0 Å². The van der Waals surface area contributed by atoms with E-state index in [0.29, 0.717) is 18.3 Å². The van der Waals surface area contributed by atoms with Crippen molar-refractivity contribution in [2.45, 2.75) is 12.6 Å². The van der Waals surface area contributed by atoms with Crippen LogP contribution in [-0.2, 0) is 11.3 Å². The zero-order chi connectivity index (χ0) is 19.2. The number of halogens is 1. The highest BCUT2D eigenvalue weighted by molar-refractivity contribution is 9.10. The normalized spacial score (nSPS) is 16.2. The van der Waals surface area contributed by atoms with Crippen LogP contribution in [0.3, 0.4) is 0 Å². The van der Waals surface area contributed by atoms with Crippen LogP contribution in [0, 0.1) is 0 Å². The molecule has 0 radical (unpaired) electrons. The molecule has 7 heteroatoms. The molecule has 6 nitrogen and oxygen atoms in total. The predicted molar refractivity (Wildman–Crippen MR) is 111 cm³/mol. The van der Waals surface area contributed by atoms with Crippen LogP contribution in [-0.4, -0.2) is 47.9 Å². The van der Waals surface area contributed by atoms with Crippen LogP contribution in [0.25, 0.3) is 11.5 Å². The molecule has 28 heavy (non-hydrogen) atoms. The van der Waals surface area contributed by atoms with Gasteiger partial charge in [-0.2, -0.15) is 0 Å². The Balaban J connectivity index is 1.45. The molecule has 1 fully saturated rings. The average molecular weight is 443 g/mol. The standard InChI is InChI=1S/C21H23BrN4O2/c22-18-9-5-4-8-17(18)21-25-24-20(28-21)14-23-19(16-6-2-1-3-7-16)15-26-10-12-27-13-11-26/h1-9,19,23H,10-15H2. The summed E-state index contributed by atoms with van der Waals surface area (Å²) in [7, 11) is 0. The molecule has 1 atom stereocenters. The van der Waals surface area contributed by atoms with Gasteiger partial charge in [-0.1, -0.05) is 42.5 Å². The first-order valence-corrected chi connectivity index (χ1v) is 10.2. The molecule has 1 N–H and O–H groups in total. The van der Waals surface area contributed by atoms with Crippen molar-refractivity contribution in [1.29, 1.82) is 0 Å². The summed E-state index contributed by atoms with van der Waals surface area (Å²) >= 11 is 3.53. The smallest absolute Gasteiger partial charge is 0.248 e. The van der Waals surface area contributed by atoms with E-state index in [4.69, 9.17) is 9.15 Å². The zero-order valence-electron chi connectivity index (χ0n) is 15.6. The van der Waals surface area contributed by atoms with E-state index in [0.717, 1.165) is 42.9 Å². The van der Waals surface area contributed by atoms with Gasteiger partial charge in [0.1, 0.15) is 0 Å². The van der Waals surface area contributed by atoms with E-state index in [1.165, 1.54) is 5.56 Å². The van der Waals surface area contributed by atoms with Gasteiger partial charge in [-0.3, -0.25) is 4.90 Å². The second-order valence-electron chi connectivity index (χ2n) is 6.74. The summed E-state index contributed by atoms with van der Waals surface area (Å²) in [5.74, 6) is 1.10. The van der Waals surface area contributed by atoms with Crippen molar-refractivity contribution in [3.05, 3.63) is 70.5 Å². The van der Waals surface area contributed by atoms with E-state index in [2.05, 4.69) is 60.6 Å². The number of aromatic nitrogens is 2. The van der Waals surface area contributed by atoms with Crippen LogP contribution in [0.15, 0.2) is 63.5 Å². The van der Waals surface area contributed by atoms with Gasteiger partial charge in [0.15, 0.2) is 0 Å². The molecule has 1 aliphatic heterocycles. The van der Waals surface area contributed by atoms with Gasteiger partial charge in [0.25, 0.3) is 0 Å². The molecule has 0 bridgehead atoms. The molecule has 0 amide bonds. The Labute approximate surface area is 173 Å². The van der Waals surface area contributed by atoms with Gasteiger partial charge >= 0.3 is 0 Å². The Morgan fingerprint density at radius 2 is 1.75 bits per heavy atom. The van der Waals surface area contributed by atoms with Crippen LogP contribution >= 0.6 is 15.9 Å². The molecule has 146 valence electrons. The quantitative estimate of drug-likeness (QED) is 0.602. The summed E-state index contributed by atoms with van der Waals surface area (Å²) in [5, 5.41) is 12.0. The minimum absolute atomic E-state index is 0.179. The monoisotopic (exact) mass is 442 g/mol. The fraction of sp³-hybridized carbons (Fsp3) is 0.333. The van der Waals surface area contributed by atoms with Crippen LogP contribution in [0.2, 0.25) is 0 Å². The highest BCUT2D eigenvalue weighted by Crippen LogP contribution is 2.26. The number of nitrogens with one attached hydrogen (secondary N) is 1. The topological polar surface area (TPSA) is 63.4 Å². The van der Waals surface area contributed by atoms with Crippen LogP contribution in [0.4, 0.5) is 0 Å². The number of benzene rings is 2. The molecule has 0 aliphatic carbocycles. The van der Waals surface area contributed by atoms with Gasteiger partial charge < -0.3 is 14.5 Å². The number of rotatable bonds is 7. The first-order chi connectivity index (χ1) is 13.8. The van der Waals surface area contributed by atoms with Crippen molar-refractivity contribution >= 4 is 15.9 Å². The molecule has 1 aromatic heterocycles. The summed E-state index contributed by atoms with van der Waals surface area (Å²) in [6.45, 7) is 4.93. The largest absolute Gasteiger partial charge is 0.419 e. The van der Waals surface area contributed by atoms with Crippen molar-refractivity contribution in [2.24, 2.45) is 0 Å². The molecule has 2 aromatic carbocycles. The fourth-order valence-corrected chi connectivity index (χ4v) is 3.75. The Hall–Kier alpha value is -2.06. The second-order valence-corrected chi connectivity index (χ2v) is 7.59. The van der Waals surface area contributed by atoms with Gasteiger partial charge in [-0.15, -0.1) is 10.2 Å². The van der Waals surface area contributed by atoms with Gasteiger partial charge in [0.2, 0.25) is 11.8 Å². The van der Waals surface area contributed by atoms with E-state index in [9.17, 15) is 0 Å². The zero-order valence-corrected chi connectivity index (χ0v) is 17.1. The van der Waals surface area contributed by atoms with Gasteiger partial charge in [0, 0.05) is 30.1 Å². The second kappa shape index (κ2) is 9.43. The number of hydrogen-bond acceptors (Lipinski definition) is 6. The highest BCUT2D eigenvalue weighted by atomic mass is 79.9. The maximum atomic E-state index is 5.88. The molecule has 1 unspecified atom stereocenters. The fourth-order valence-electron chi connectivity index (χ4n) is 3.29. The first kappa shape index (κ1) is 19.3. The summed E-state index contributed by atoms with van der Waals surface area (Å²) in [6.07, 6.45) is 0. The Morgan fingerprint density at radius 1 is 1.00 bits per heavy atom. The van der Waals surface area contributed by atoms with Gasteiger partial charge in [0.05, 0.1) is 25.3 Å². The molecular weight excluding hydrogens is 420 g/mol. The Kier molecular flexibility index (Phi) is 6.49. The van der Waals surface area contributed by atoms with Crippen molar-refractivity contribution in [3.8, 4) is 11.5 Å². The molecule has 1 aliphatic rings. The van der Waals surface area contributed by atoms with E-state index in [1.807, 2.05) is 30.3 Å². The van der Waals surface area contributed by atoms with E-state index >= 15 is 0 Å². The van der Waals surface area contributed by atoms with E-state index in [-0.39, 0.29) is 6.04 Å². The minimum Gasteiger partial charge on any atom is -0.419 e. The maximum absolute atomic E-state index is 5.88. The maximum Gasteiger partial charge on any atom is 0.248 e. The Morgan fingerprint density at radius 3 is 2.54 bits per heavy atom. The molecule has 4 rings (SSSR count). The lowest BCUT2D eigenvalue weighted by Gasteiger charge is -2.31. The van der Waals surface area contributed by atoms with Crippen molar-refractivity contribution in [2.75, 3.05) is 32.8 Å². The lowest BCUT2D eigenvalue weighted by molar-refractivity contribution is 0.0332. The summed E-state index contributed by atoms with van der Waals surface area (Å²) < 4.78 is 12.3. The molecule has 1 saturated heterocycles. The van der Waals surface area contributed by atoms with E-state index < -0.39 is 0 Å². The van der Waals surface area contributed by atoms with E-state index in [1.54, 1.807) is 0 Å². The SMILES string of the molecule is Brc1ccccc1-c1nnc(CNC(CN2CCOCC2)c2ccccc2)o1. The molecule has 0 saturated carbocycles. The molecule has 2 heterocycles. The minimum atomic E-state index is 0.179. The number of nitrogens with zero attached hydrogens (tertiary/aromatic N) is 3. The van der Waals surface area contributed by atoms with Crippen LogP contribution < -0.4 is 5.32 Å². The lowest BCUT2D eigenvalue weighted by Crippen LogP contribution is -2.41. The summed E-state index contributed by atoms with van der Waals surface area (Å²) in [4.78, 5) is 2.43. The third kappa shape index (κ3) is 4.86. The predicted octanol–water partition coefficient (Wildman–Crippen LogP) is 3.66. The highest BCUT2D eigenvalue weighted by Gasteiger charge is 2.19. The number of ether oxygens (including phenoxy) is 1. The molecular formula is C21H23BrN4O2. The summed E-state index contributed by atoms with van der Waals surface area (Å²) in [5.41, 5.74) is 2.15. The Bertz CT molecular complexity index is 881. The summed E-state index contributed by atoms with van der Waals surface area (Å²) in [6, 6.07) is 18.5. The third-order valence-corrected chi connectivity index (χ3v) is 5.51. The molecule has 3 aromatic rings. The van der Waals surface area contributed by atoms with Gasteiger partial charge in [-0.05, 0) is 33.6 Å². The lowest BCUT2D eigenvalue weighted by atomic mass is 10.1. The number of hydrogen-bond donors (Lipinski definition) is 1.